The Morgan fingerprint density at radius 1 is 1.05 bits per heavy atom. The van der Waals surface area contributed by atoms with E-state index >= 15 is 0 Å². The fraction of sp³-hybridized carbons (Fsp3) is 0.600. The van der Waals surface area contributed by atoms with E-state index in [0.29, 0.717) is 32.0 Å². The molecule has 21 heavy (non-hydrogen) atoms. The summed E-state index contributed by atoms with van der Waals surface area (Å²) in [6.45, 7) is 2.71. The quantitative estimate of drug-likeness (QED) is 0.861. The van der Waals surface area contributed by atoms with Crippen molar-refractivity contribution in [2.24, 2.45) is 0 Å². The van der Waals surface area contributed by atoms with Crippen molar-refractivity contribution in [3.63, 3.8) is 0 Å². The van der Waals surface area contributed by atoms with Crippen molar-refractivity contribution >= 4 is 10.0 Å². The van der Waals surface area contributed by atoms with Crippen LogP contribution >= 0.6 is 0 Å². The molecule has 2 aliphatic heterocycles. The monoisotopic (exact) mass is 308 g/mol. The average molecular weight is 308 g/mol. The first-order valence-electron chi connectivity index (χ1n) is 7.52. The second-order valence-corrected chi connectivity index (χ2v) is 8.47. The molecule has 3 aliphatic rings. The Labute approximate surface area is 125 Å². The summed E-state index contributed by atoms with van der Waals surface area (Å²) in [5.74, 6) is 0. The van der Waals surface area contributed by atoms with Gasteiger partial charge in [0.2, 0.25) is 10.0 Å². The molecule has 0 aromatic heterocycles. The van der Waals surface area contributed by atoms with Crippen LogP contribution in [0.15, 0.2) is 24.3 Å². The van der Waals surface area contributed by atoms with E-state index in [9.17, 15) is 8.42 Å². The minimum Gasteiger partial charge on any atom is -0.378 e. The van der Waals surface area contributed by atoms with Crippen LogP contribution in [0, 0.1) is 0 Å². The smallest absolute Gasteiger partial charge is 0.217 e. The van der Waals surface area contributed by atoms with E-state index in [1.54, 1.807) is 4.31 Å². The van der Waals surface area contributed by atoms with Crippen molar-refractivity contribution in [2.45, 2.75) is 30.2 Å². The van der Waals surface area contributed by atoms with Crippen molar-refractivity contribution in [1.29, 1.82) is 0 Å². The maximum absolute atomic E-state index is 12.7. The third-order valence-electron chi connectivity index (χ3n) is 4.75. The van der Waals surface area contributed by atoms with Crippen molar-refractivity contribution in [3.8, 4) is 0 Å². The molecular formula is C15H20N2O3S. The van der Waals surface area contributed by atoms with Crippen molar-refractivity contribution in [1.82, 2.24) is 9.62 Å². The van der Waals surface area contributed by atoms with E-state index in [0.717, 1.165) is 13.2 Å². The first-order chi connectivity index (χ1) is 10.1. The number of rotatable bonds is 4. The van der Waals surface area contributed by atoms with Crippen LogP contribution in [0.3, 0.4) is 0 Å². The SMILES string of the molecule is O=S(=O)(C1Cc2ccccc2C1)N1CC(NC2COC2)C1. The van der Waals surface area contributed by atoms with Crippen LogP contribution in [0.4, 0.5) is 0 Å². The highest BCUT2D eigenvalue weighted by atomic mass is 32.2. The summed E-state index contributed by atoms with van der Waals surface area (Å²) in [6, 6.07) is 8.76. The lowest BCUT2D eigenvalue weighted by atomic mass is 10.1. The first-order valence-corrected chi connectivity index (χ1v) is 9.03. The number of hydrogen-bond donors (Lipinski definition) is 1. The van der Waals surface area contributed by atoms with E-state index in [2.05, 4.69) is 5.32 Å². The van der Waals surface area contributed by atoms with Gasteiger partial charge in [-0.2, -0.15) is 4.31 Å². The zero-order valence-corrected chi connectivity index (χ0v) is 12.7. The van der Waals surface area contributed by atoms with Crippen LogP contribution in [-0.2, 0) is 27.6 Å². The highest BCUT2D eigenvalue weighted by Gasteiger charge is 2.43. The third-order valence-corrected chi connectivity index (χ3v) is 6.95. The van der Waals surface area contributed by atoms with Gasteiger partial charge in [-0.1, -0.05) is 24.3 Å². The van der Waals surface area contributed by atoms with Gasteiger partial charge in [0.15, 0.2) is 0 Å². The molecule has 1 N–H and O–H groups in total. The second kappa shape index (κ2) is 5.05. The summed E-state index contributed by atoms with van der Waals surface area (Å²) in [4.78, 5) is 0. The van der Waals surface area contributed by atoms with Crippen LogP contribution in [0.1, 0.15) is 11.1 Å². The zero-order chi connectivity index (χ0) is 14.4. The summed E-state index contributed by atoms with van der Waals surface area (Å²) in [5.41, 5.74) is 2.38. The van der Waals surface area contributed by atoms with Gasteiger partial charge >= 0.3 is 0 Å². The first kappa shape index (κ1) is 13.7. The minimum absolute atomic E-state index is 0.275. The molecule has 6 heteroatoms. The number of fused-ring (bicyclic) bond motifs is 1. The number of sulfonamides is 1. The molecule has 0 atom stereocenters. The number of nitrogens with one attached hydrogen (secondary N) is 1. The molecule has 2 fully saturated rings. The van der Waals surface area contributed by atoms with E-state index in [-0.39, 0.29) is 11.3 Å². The summed E-state index contributed by atoms with van der Waals surface area (Å²) >= 11 is 0. The van der Waals surface area contributed by atoms with Gasteiger partial charge < -0.3 is 10.1 Å². The minimum atomic E-state index is -3.16. The third kappa shape index (κ3) is 2.40. The van der Waals surface area contributed by atoms with Crippen molar-refractivity contribution in [2.75, 3.05) is 26.3 Å². The number of benzene rings is 1. The molecule has 114 valence electrons. The Bertz CT molecular complexity index is 611. The van der Waals surface area contributed by atoms with Gasteiger partial charge in [-0.05, 0) is 24.0 Å². The lowest BCUT2D eigenvalue weighted by Gasteiger charge is -2.43. The molecule has 1 aliphatic carbocycles. The predicted molar refractivity (Wildman–Crippen MR) is 79.7 cm³/mol. The highest BCUT2D eigenvalue weighted by molar-refractivity contribution is 7.89. The van der Waals surface area contributed by atoms with Crippen LogP contribution < -0.4 is 5.32 Å². The maximum Gasteiger partial charge on any atom is 0.217 e. The van der Waals surface area contributed by atoms with Crippen LogP contribution in [0.25, 0.3) is 0 Å². The van der Waals surface area contributed by atoms with Crippen molar-refractivity contribution in [3.05, 3.63) is 35.4 Å². The van der Waals surface area contributed by atoms with Gasteiger partial charge in [-0.25, -0.2) is 8.42 Å². The Hall–Kier alpha value is -0.950. The fourth-order valence-electron chi connectivity index (χ4n) is 3.36. The molecule has 4 rings (SSSR count). The summed E-state index contributed by atoms with van der Waals surface area (Å²) < 4.78 is 32.1. The maximum atomic E-state index is 12.7. The standard InChI is InChI=1S/C15H20N2O3S/c18-21(19,15-5-11-3-1-2-4-12(11)6-15)17-7-13(8-17)16-14-9-20-10-14/h1-4,13-16H,5-10H2. The number of ether oxygens (including phenoxy) is 1. The van der Waals surface area contributed by atoms with Gasteiger partial charge in [0.05, 0.1) is 24.5 Å². The number of hydrogen-bond acceptors (Lipinski definition) is 4. The molecule has 0 radical (unpaired) electrons. The zero-order valence-electron chi connectivity index (χ0n) is 11.9. The normalized spacial score (nSPS) is 24.6. The largest absolute Gasteiger partial charge is 0.378 e. The van der Waals surface area contributed by atoms with Gasteiger partial charge in [0.25, 0.3) is 0 Å². The second-order valence-electron chi connectivity index (χ2n) is 6.26. The predicted octanol–water partition coefficient (Wildman–Crippen LogP) is 0.156. The molecule has 2 heterocycles. The van der Waals surface area contributed by atoms with E-state index in [1.807, 2.05) is 24.3 Å². The van der Waals surface area contributed by atoms with Gasteiger partial charge in [0, 0.05) is 19.1 Å². The Morgan fingerprint density at radius 3 is 2.19 bits per heavy atom. The Balaban J connectivity index is 1.37. The molecule has 0 bridgehead atoms. The summed E-state index contributed by atoms with van der Waals surface area (Å²) in [7, 11) is -3.16. The average Bonchev–Trinajstić information content (AvgIpc) is 2.79. The molecule has 0 saturated carbocycles. The van der Waals surface area contributed by atoms with Crippen LogP contribution in [0.5, 0.6) is 0 Å². The molecule has 0 unspecified atom stereocenters. The molecular weight excluding hydrogens is 288 g/mol. The molecule has 1 aromatic carbocycles. The lowest BCUT2D eigenvalue weighted by molar-refractivity contribution is -0.0169. The molecule has 0 spiro atoms. The van der Waals surface area contributed by atoms with E-state index in [1.165, 1.54) is 11.1 Å². The highest BCUT2D eigenvalue weighted by Crippen LogP contribution is 2.30. The Kier molecular flexibility index (Phi) is 3.29. The topological polar surface area (TPSA) is 58.6 Å². The fourth-order valence-corrected chi connectivity index (χ4v) is 5.33. The lowest BCUT2D eigenvalue weighted by Crippen LogP contribution is -2.65. The number of nitrogens with zero attached hydrogens (tertiary/aromatic N) is 1. The molecule has 2 saturated heterocycles. The molecule has 5 nitrogen and oxygen atoms in total. The summed E-state index contributed by atoms with van der Waals surface area (Å²) in [6.07, 6.45) is 1.31. The molecule has 0 amide bonds. The van der Waals surface area contributed by atoms with Crippen LogP contribution in [0.2, 0.25) is 0 Å². The van der Waals surface area contributed by atoms with E-state index < -0.39 is 10.0 Å². The van der Waals surface area contributed by atoms with E-state index in [4.69, 9.17) is 4.74 Å². The van der Waals surface area contributed by atoms with Gasteiger partial charge in [0.1, 0.15) is 0 Å². The summed E-state index contributed by atoms with van der Waals surface area (Å²) in [5, 5.41) is 3.16. The van der Waals surface area contributed by atoms with Gasteiger partial charge in [-0.3, -0.25) is 0 Å². The van der Waals surface area contributed by atoms with Gasteiger partial charge in [-0.15, -0.1) is 0 Å². The molecule has 1 aromatic rings. The van der Waals surface area contributed by atoms with Crippen LogP contribution in [-0.4, -0.2) is 56.4 Å². The Morgan fingerprint density at radius 2 is 1.67 bits per heavy atom. The van der Waals surface area contributed by atoms with Crippen molar-refractivity contribution < 1.29 is 13.2 Å².